The van der Waals surface area contributed by atoms with Crippen LogP contribution in [0.5, 0.6) is 11.5 Å². The van der Waals surface area contributed by atoms with Crippen LogP contribution in [-0.2, 0) is 4.74 Å². The first kappa shape index (κ1) is 26.9. The molecule has 188 valence electrons. The molecule has 0 aliphatic carbocycles. The number of carbonyl (C=O) groups excluding carboxylic acids is 1. The van der Waals surface area contributed by atoms with Crippen molar-refractivity contribution in [2.24, 2.45) is 0 Å². The van der Waals surface area contributed by atoms with E-state index >= 15 is 0 Å². The summed E-state index contributed by atoms with van der Waals surface area (Å²) in [5.41, 5.74) is 1.06. The van der Waals surface area contributed by atoms with Crippen molar-refractivity contribution in [1.29, 1.82) is 0 Å². The van der Waals surface area contributed by atoms with E-state index in [0.717, 1.165) is 6.20 Å². The second-order valence-electron chi connectivity index (χ2n) is 6.29. The molecule has 14 heteroatoms. The number of esters is 1. The number of halogens is 4. The van der Waals surface area contributed by atoms with Crippen LogP contribution >= 0.6 is 0 Å². The minimum absolute atomic E-state index is 0. The van der Waals surface area contributed by atoms with Gasteiger partial charge in [0.1, 0.15) is 22.6 Å². The third-order valence-electron chi connectivity index (χ3n) is 4.15. The highest BCUT2D eigenvalue weighted by Gasteiger charge is 2.15. The number of carboxylic acids is 1. The molecule has 4 aromatic rings. The lowest BCUT2D eigenvalue weighted by molar-refractivity contribution is -0.0508. The monoisotopic (exact) mass is 500 g/mol. The van der Waals surface area contributed by atoms with E-state index in [9.17, 15) is 27.2 Å². The van der Waals surface area contributed by atoms with Crippen molar-refractivity contribution < 1.29 is 46.5 Å². The highest BCUT2D eigenvalue weighted by molar-refractivity contribution is 5.96. The van der Waals surface area contributed by atoms with Gasteiger partial charge in [-0.2, -0.15) is 27.8 Å². The van der Waals surface area contributed by atoms with Crippen molar-refractivity contribution in [3.05, 3.63) is 60.2 Å². The summed E-state index contributed by atoms with van der Waals surface area (Å²) < 4.78 is 63.5. The van der Waals surface area contributed by atoms with Crippen LogP contribution in [-0.4, -0.2) is 56.1 Å². The van der Waals surface area contributed by atoms with Gasteiger partial charge in [-0.05, 0) is 31.2 Å². The van der Waals surface area contributed by atoms with E-state index in [2.05, 4.69) is 19.7 Å². The highest BCUT2D eigenvalue weighted by atomic mass is 19.3. The van der Waals surface area contributed by atoms with E-state index in [-0.39, 0.29) is 36.7 Å². The van der Waals surface area contributed by atoms with Crippen LogP contribution in [0.15, 0.2) is 49.1 Å². The van der Waals surface area contributed by atoms with Crippen molar-refractivity contribution in [2.45, 2.75) is 27.6 Å². The maximum atomic E-state index is 12.0. The van der Waals surface area contributed by atoms with Crippen LogP contribution in [0.2, 0.25) is 0 Å². The van der Waals surface area contributed by atoms with Crippen molar-refractivity contribution >= 4 is 23.0 Å². The molecule has 0 aliphatic heterocycles. The predicted molar refractivity (Wildman–Crippen MR) is 113 cm³/mol. The van der Waals surface area contributed by atoms with E-state index < -0.39 is 25.2 Å². The predicted octanol–water partition coefficient (Wildman–Crippen LogP) is 4.38. The number of carboxylic acid groups (broad SMARTS) is 1. The smallest absolute Gasteiger partial charge is 0.387 e. The van der Waals surface area contributed by atoms with Crippen LogP contribution in [0.4, 0.5) is 17.6 Å². The molecule has 0 fully saturated rings. The molecule has 0 saturated carbocycles. The molecule has 0 amide bonds. The lowest BCUT2D eigenvalue weighted by Gasteiger charge is -2.04. The van der Waals surface area contributed by atoms with Crippen molar-refractivity contribution in [1.82, 2.24) is 19.2 Å². The van der Waals surface area contributed by atoms with Crippen LogP contribution in [0, 0.1) is 0 Å². The molecular weight excluding hydrogens is 480 g/mol. The first-order valence-electron chi connectivity index (χ1n) is 9.44. The molecule has 4 rings (SSSR count). The normalized spacial score (nSPS) is 10.6. The van der Waals surface area contributed by atoms with Crippen molar-refractivity contribution in [3.63, 3.8) is 0 Å². The van der Waals surface area contributed by atoms with Gasteiger partial charge >= 0.3 is 25.2 Å². The molecule has 0 saturated heterocycles. The summed E-state index contributed by atoms with van der Waals surface area (Å²) in [6.07, 6.45) is 4.92. The average Bonchev–Trinajstić information content (AvgIpc) is 3.37. The Bertz CT molecular complexity index is 1310. The van der Waals surface area contributed by atoms with E-state index in [0.29, 0.717) is 11.0 Å². The van der Waals surface area contributed by atoms with Crippen LogP contribution in [0.3, 0.4) is 0 Å². The zero-order valence-electron chi connectivity index (χ0n) is 17.3. The number of rotatable bonds is 7. The van der Waals surface area contributed by atoms with Gasteiger partial charge in [0.15, 0.2) is 0 Å². The summed E-state index contributed by atoms with van der Waals surface area (Å²) >= 11 is 0. The molecule has 0 spiro atoms. The largest absolute Gasteiger partial charge is 0.478 e. The fourth-order valence-electron chi connectivity index (χ4n) is 2.81. The zero-order valence-corrected chi connectivity index (χ0v) is 17.3. The Morgan fingerprint density at radius 3 is 1.77 bits per heavy atom. The molecule has 0 unspecified atom stereocenters. The number of hydrogen-bond acceptors (Lipinski definition) is 7. The third-order valence-corrected chi connectivity index (χ3v) is 4.15. The van der Waals surface area contributed by atoms with E-state index in [1.807, 2.05) is 0 Å². The number of pyridine rings is 2. The minimum Gasteiger partial charge on any atom is -0.478 e. The Kier molecular flexibility index (Phi) is 8.97. The zero-order chi connectivity index (χ0) is 24.8. The maximum absolute atomic E-state index is 12.0. The van der Waals surface area contributed by atoms with E-state index in [1.54, 1.807) is 6.92 Å². The van der Waals surface area contributed by atoms with E-state index in [4.69, 9.17) is 9.84 Å². The fourth-order valence-corrected chi connectivity index (χ4v) is 2.81. The van der Waals surface area contributed by atoms with Gasteiger partial charge in [0.05, 0.1) is 42.4 Å². The van der Waals surface area contributed by atoms with Crippen LogP contribution in [0.25, 0.3) is 11.0 Å². The maximum Gasteiger partial charge on any atom is 0.387 e. The Labute approximate surface area is 195 Å². The summed E-state index contributed by atoms with van der Waals surface area (Å²) in [6, 6.07) is 5.42. The summed E-state index contributed by atoms with van der Waals surface area (Å²) in [7, 11) is 0. The molecule has 4 heterocycles. The fraction of sp³-hybridized carbons (Fsp3) is 0.238. The second-order valence-corrected chi connectivity index (χ2v) is 6.29. The highest BCUT2D eigenvalue weighted by Crippen LogP contribution is 2.19. The molecule has 0 aromatic carbocycles. The number of hydrogen-bond donors (Lipinski definition) is 1. The van der Waals surface area contributed by atoms with Gasteiger partial charge in [-0.3, -0.25) is 0 Å². The van der Waals surface area contributed by atoms with Crippen molar-refractivity contribution in [3.8, 4) is 11.5 Å². The van der Waals surface area contributed by atoms with Gasteiger partial charge in [0.25, 0.3) is 0 Å². The lowest BCUT2D eigenvalue weighted by atomic mass is 10.2. The summed E-state index contributed by atoms with van der Waals surface area (Å²) in [5.74, 6) is -1.74. The van der Waals surface area contributed by atoms with Gasteiger partial charge in [0, 0.05) is 0 Å². The molecular formula is C21H20F4N4O6. The van der Waals surface area contributed by atoms with Gasteiger partial charge in [-0.15, -0.1) is 0 Å². The molecule has 0 aliphatic rings. The summed E-state index contributed by atoms with van der Waals surface area (Å²) in [6.45, 7) is -3.88. The number of fused-ring (bicyclic) bond motifs is 2. The SMILES string of the molecule is C.CCOC(=O)c1cnn2cc(OC(F)F)ccc12.O=C(O)c1cnn2cc(OC(F)F)ccc12. The molecule has 1 N–H and O–H groups in total. The van der Waals surface area contributed by atoms with Crippen LogP contribution in [0.1, 0.15) is 35.1 Å². The third kappa shape index (κ3) is 6.59. The quantitative estimate of drug-likeness (QED) is 0.294. The number of aromatic carboxylic acids is 1. The van der Waals surface area contributed by atoms with Gasteiger partial charge in [0.2, 0.25) is 0 Å². The molecule has 4 aromatic heterocycles. The molecule has 35 heavy (non-hydrogen) atoms. The number of ether oxygens (including phenoxy) is 3. The van der Waals surface area contributed by atoms with Gasteiger partial charge in [-0.1, -0.05) is 7.43 Å². The topological polar surface area (TPSA) is 117 Å². The second kappa shape index (κ2) is 11.7. The Balaban J connectivity index is 0.000000241. The Hall–Kier alpha value is -4.36. The minimum atomic E-state index is -2.92. The van der Waals surface area contributed by atoms with Gasteiger partial charge < -0.3 is 19.3 Å². The first-order chi connectivity index (χ1) is 16.2. The van der Waals surface area contributed by atoms with Crippen LogP contribution < -0.4 is 9.47 Å². The number of carbonyl (C=O) groups is 2. The number of aromatic nitrogens is 4. The first-order valence-corrected chi connectivity index (χ1v) is 9.44. The average molecular weight is 500 g/mol. The number of nitrogens with zero attached hydrogens (tertiary/aromatic N) is 4. The molecule has 0 bridgehead atoms. The summed E-state index contributed by atoms with van der Waals surface area (Å²) in [4.78, 5) is 22.3. The summed E-state index contributed by atoms with van der Waals surface area (Å²) in [5, 5.41) is 16.4. The standard InChI is InChI=1S/C11H10F2N2O3.C9H6F2N2O3.CH4/c1-2-17-10(16)8-5-14-15-6-7(18-11(12)13)3-4-9(8)15;10-9(11)16-5-1-2-7-6(8(14)15)3-12-13(7)4-5;/h3-6,11H,2H2,1H3;1-4,9H,(H,14,15);1H4. The van der Waals surface area contributed by atoms with E-state index in [1.165, 1.54) is 51.9 Å². The Morgan fingerprint density at radius 2 is 1.34 bits per heavy atom. The van der Waals surface area contributed by atoms with Crippen molar-refractivity contribution in [2.75, 3.05) is 6.61 Å². The molecule has 0 radical (unpaired) electrons. The lowest BCUT2D eigenvalue weighted by Crippen LogP contribution is -2.05. The number of alkyl halides is 4. The molecule has 0 atom stereocenters. The molecule has 10 nitrogen and oxygen atoms in total. The Morgan fingerprint density at radius 1 is 0.886 bits per heavy atom. The van der Waals surface area contributed by atoms with Gasteiger partial charge in [-0.25, -0.2) is 18.6 Å².